The zero-order valence-electron chi connectivity index (χ0n) is 11.9. The van der Waals surface area contributed by atoms with Gasteiger partial charge in [-0.1, -0.05) is 29.8 Å². The van der Waals surface area contributed by atoms with Crippen LogP contribution in [0.5, 0.6) is 0 Å². The fourth-order valence-electron chi connectivity index (χ4n) is 1.78. The van der Waals surface area contributed by atoms with Gasteiger partial charge in [-0.3, -0.25) is 0 Å². The van der Waals surface area contributed by atoms with Crippen LogP contribution < -0.4 is 5.32 Å². The van der Waals surface area contributed by atoms with Crippen LogP contribution in [0.2, 0.25) is 0 Å². The van der Waals surface area contributed by atoms with E-state index in [9.17, 15) is 0 Å². The van der Waals surface area contributed by atoms with Crippen LogP contribution in [-0.4, -0.2) is 44.4 Å². The fraction of sp³-hybridized carbons (Fsp3) is 0.600. The first kappa shape index (κ1) is 15.5. The van der Waals surface area contributed by atoms with Gasteiger partial charge in [0.15, 0.2) is 0 Å². The molecule has 0 aromatic heterocycles. The van der Waals surface area contributed by atoms with Gasteiger partial charge in [0.1, 0.15) is 0 Å². The molecule has 0 fully saturated rings. The summed E-state index contributed by atoms with van der Waals surface area (Å²) < 4.78 is 0. The summed E-state index contributed by atoms with van der Waals surface area (Å²) in [6.45, 7) is 5.57. The van der Waals surface area contributed by atoms with Crippen LogP contribution in [0.1, 0.15) is 17.5 Å². The van der Waals surface area contributed by atoms with E-state index in [0.29, 0.717) is 0 Å². The molecule has 1 aromatic rings. The van der Waals surface area contributed by atoms with Crippen LogP contribution in [0.3, 0.4) is 0 Å². The molecule has 1 N–H and O–H groups in total. The number of hydrogen-bond donors (Lipinski definition) is 1. The van der Waals surface area contributed by atoms with E-state index in [1.807, 2.05) is 11.8 Å². The van der Waals surface area contributed by atoms with Crippen LogP contribution in [-0.2, 0) is 5.75 Å². The summed E-state index contributed by atoms with van der Waals surface area (Å²) in [6, 6.07) is 8.78. The highest BCUT2D eigenvalue weighted by atomic mass is 32.2. The lowest BCUT2D eigenvalue weighted by Gasteiger charge is -2.09. The third-order valence-corrected chi connectivity index (χ3v) is 3.76. The van der Waals surface area contributed by atoms with E-state index >= 15 is 0 Å². The molecule has 0 saturated heterocycles. The molecular weight excluding hydrogens is 240 g/mol. The highest BCUT2D eigenvalue weighted by Crippen LogP contribution is 2.12. The molecule has 0 radical (unpaired) electrons. The second-order valence-corrected chi connectivity index (χ2v) is 6.05. The second kappa shape index (κ2) is 9.42. The smallest absolute Gasteiger partial charge is 0.0185 e. The number of thioether (sulfide) groups is 1. The van der Waals surface area contributed by atoms with Gasteiger partial charge in [0.2, 0.25) is 0 Å². The molecule has 0 aliphatic heterocycles. The van der Waals surface area contributed by atoms with Crippen LogP contribution >= 0.6 is 11.8 Å². The third kappa shape index (κ3) is 7.75. The number of hydrogen-bond acceptors (Lipinski definition) is 3. The first-order chi connectivity index (χ1) is 8.68. The number of nitrogens with one attached hydrogen (secondary N) is 1. The average Bonchev–Trinajstić information content (AvgIpc) is 2.32. The topological polar surface area (TPSA) is 15.3 Å². The molecule has 1 rings (SSSR count). The summed E-state index contributed by atoms with van der Waals surface area (Å²) in [6.07, 6.45) is 1.23. The van der Waals surface area contributed by atoms with Crippen molar-refractivity contribution in [3.63, 3.8) is 0 Å². The maximum Gasteiger partial charge on any atom is 0.0185 e. The largest absolute Gasteiger partial charge is 0.316 e. The van der Waals surface area contributed by atoms with Gasteiger partial charge in [-0.2, -0.15) is 11.8 Å². The van der Waals surface area contributed by atoms with Crippen molar-refractivity contribution in [3.05, 3.63) is 35.4 Å². The van der Waals surface area contributed by atoms with Gasteiger partial charge in [-0.25, -0.2) is 0 Å². The van der Waals surface area contributed by atoms with Crippen molar-refractivity contribution in [3.8, 4) is 0 Å². The van der Waals surface area contributed by atoms with Crippen LogP contribution in [0.25, 0.3) is 0 Å². The van der Waals surface area contributed by atoms with Crippen molar-refractivity contribution in [1.29, 1.82) is 0 Å². The molecule has 0 aliphatic rings. The minimum Gasteiger partial charge on any atom is -0.316 e. The maximum absolute atomic E-state index is 3.49. The number of nitrogens with zero attached hydrogens (tertiary/aromatic N) is 1. The Balaban J connectivity index is 1.96. The minimum atomic E-state index is 1.11. The van der Waals surface area contributed by atoms with Gasteiger partial charge in [0.25, 0.3) is 0 Å². The van der Waals surface area contributed by atoms with Gasteiger partial charge in [0, 0.05) is 18.1 Å². The molecule has 0 saturated carbocycles. The quantitative estimate of drug-likeness (QED) is 0.692. The van der Waals surface area contributed by atoms with Gasteiger partial charge in [-0.05, 0) is 46.1 Å². The van der Waals surface area contributed by atoms with Crippen LogP contribution in [0, 0.1) is 6.92 Å². The minimum absolute atomic E-state index is 1.11. The Hall–Kier alpha value is -0.510. The van der Waals surface area contributed by atoms with E-state index in [-0.39, 0.29) is 0 Å². The lowest BCUT2D eigenvalue weighted by atomic mass is 10.2. The molecule has 3 heteroatoms. The predicted octanol–water partition coefficient (Wildman–Crippen LogP) is 2.77. The monoisotopic (exact) mass is 266 g/mol. The molecular formula is C15H26N2S. The summed E-state index contributed by atoms with van der Waals surface area (Å²) in [5, 5.41) is 3.49. The molecule has 0 amide bonds. The molecule has 0 unspecified atom stereocenters. The zero-order valence-corrected chi connectivity index (χ0v) is 12.7. The molecule has 2 nitrogen and oxygen atoms in total. The van der Waals surface area contributed by atoms with Gasteiger partial charge in [0.05, 0.1) is 0 Å². The van der Waals surface area contributed by atoms with Crippen molar-refractivity contribution >= 4 is 11.8 Å². The van der Waals surface area contributed by atoms with E-state index in [2.05, 4.69) is 55.5 Å². The molecule has 18 heavy (non-hydrogen) atoms. The Bertz CT molecular complexity index is 326. The van der Waals surface area contributed by atoms with Gasteiger partial charge < -0.3 is 10.2 Å². The second-order valence-electron chi connectivity index (χ2n) is 4.95. The van der Waals surface area contributed by atoms with E-state index in [0.717, 1.165) is 18.8 Å². The van der Waals surface area contributed by atoms with Crippen molar-refractivity contribution < 1.29 is 0 Å². The predicted molar refractivity (Wildman–Crippen MR) is 83.4 cm³/mol. The Morgan fingerprint density at radius 1 is 1.22 bits per heavy atom. The molecule has 0 bridgehead atoms. The fourth-order valence-corrected chi connectivity index (χ4v) is 2.63. The molecule has 0 spiro atoms. The molecule has 0 aliphatic carbocycles. The van der Waals surface area contributed by atoms with E-state index < -0.39 is 0 Å². The van der Waals surface area contributed by atoms with E-state index in [1.54, 1.807) is 0 Å². The van der Waals surface area contributed by atoms with Gasteiger partial charge >= 0.3 is 0 Å². The standard InChI is InChI=1S/C15H26N2S/c1-14-6-4-7-15(12-14)13-18-11-9-16-8-5-10-17(2)3/h4,6-7,12,16H,5,8-11,13H2,1-3H3. The molecule has 102 valence electrons. The summed E-state index contributed by atoms with van der Waals surface area (Å²) in [5.41, 5.74) is 2.79. The van der Waals surface area contributed by atoms with E-state index in [1.165, 1.54) is 29.8 Å². The Morgan fingerprint density at radius 2 is 2.06 bits per heavy atom. The summed E-state index contributed by atoms with van der Waals surface area (Å²) in [7, 11) is 4.25. The summed E-state index contributed by atoms with van der Waals surface area (Å²) in [5.74, 6) is 2.32. The molecule has 0 atom stereocenters. The number of benzene rings is 1. The van der Waals surface area contributed by atoms with Crippen molar-refractivity contribution in [2.45, 2.75) is 19.1 Å². The van der Waals surface area contributed by atoms with Crippen molar-refractivity contribution in [1.82, 2.24) is 10.2 Å². The van der Waals surface area contributed by atoms with Crippen LogP contribution in [0.4, 0.5) is 0 Å². The zero-order chi connectivity index (χ0) is 13.2. The maximum atomic E-state index is 3.49. The Morgan fingerprint density at radius 3 is 2.78 bits per heavy atom. The Labute approximate surface area is 116 Å². The first-order valence-corrected chi connectivity index (χ1v) is 7.82. The number of rotatable bonds is 9. The first-order valence-electron chi connectivity index (χ1n) is 6.67. The third-order valence-electron chi connectivity index (χ3n) is 2.73. The molecule has 0 heterocycles. The van der Waals surface area contributed by atoms with Gasteiger partial charge in [-0.15, -0.1) is 0 Å². The summed E-state index contributed by atoms with van der Waals surface area (Å²) in [4.78, 5) is 2.23. The lowest BCUT2D eigenvalue weighted by Crippen LogP contribution is -2.23. The Kier molecular flexibility index (Phi) is 8.14. The SMILES string of the molecule is Cc1cccc(CSCCNCCCN(C)C)c1. The highest BCUT2D eigenvalue weighted by Gasteiger charge is 1.95. The van der Waals surface area contributed by atoms with Crippen LogP contribution in [0.15, 0.2) is 24.3 Å². The molecule has 1 aromatic carbocycles. The lowest BCUT2D eigenvalue weighted by molar-refractivity contribution is 0.396. The van der Waals surface area contributed by atoms with Crippen molar-refractivity contribution in [2.75, 3.05) is 39.5 Å². The van der Waals surface area contributed by atoms with E-state index in [4.69, 9.17) is 0 Å². The average molecular weight is 266 g/mol. The number of aryl methyl sites for hydroxylation is 1. The normalized spacial score (nSPS) is 11.1. The highest BCUT2D eigenvalue weighted by molar-refractivity contribution is 7.98. The van der Waals surface area contributed by atoms with Crippen molar-refractivity contribution in [2.24, 2.45) is 0 Å². The summed E-state index contributed by atoms with van der Waals surface area (Å²) >= 11 is 2.01.